The van der Waals surface area contributed by atoms with Crippen LogP contribution in [0.5, 0.6) is 0 Å². The maximum absolute atomic E-state index is 14.5. The molecule has 0 aliphatic heterocycles. The molecule has 0 amide bonds. The van der Waals surface area contributed by atoms with Gasteiger partial charge in [0.25, 0.3) is 5.95 Å². The zero-order valence-corrected chi connectivity index (χ0v) is 16.0. The molecule has 1 aromatic carbocycles. The van der Waals surface area contributed by atoms with Crippen LogP contribution in [-0.4, -0.2) is 19.9 Å². The highest BCUT2D eigenvalue weighted by Crippen LogP contribution is 2.30. The Morgan fingerprint density at radius 3 is 2.65 bits per heavy atom. The van der Waals surface area contributed by atoms with Gasteiger partial charge < -0.3 is 4.52 Å². The van der Waals surface area contributed by atoms with E-state index >= 15 is 0 Å². The number of unbranched alkanes of at least 4 members (excludes halogenated alkanes) is 1. The second kappa shape index (κ2) is 7.98. The maximum atomic E-state index is 14.5. The minimum absolute atomic E-state index is 0.171. The average molecular weight is 358 g/mol. The summed E-state index contributed by atoms with van der Waals surface area (Å²) in [6.45, 7) is 8.41. The quantitative estimate of drug-likeness (QED) is 0.515. The Morgan fingerprint density at radius 2 is 1.96 bits per heavy atom. The lowest BCUT2D eigenvalue weighted by atomic mass is 9.97. The standard InChI is InChI=1S/C20H27FN4O/c1-5-7-10-14(9-6-2)19-22-20(24-26-19)25-18-15(11-8-12-16(18)21)17(23-25)13(3)4/h8,11-14H,5-7,9-10H2,1-4H3. The molecule has 0 aliphatic rings. The zero-order valence-electron chi connectivity index (χ0n) is 16.0. The molecule has 5 nitrogen and oxygen atoms in total. The zero-order chi connectivity index (χ0) is 18.7. The number of para-hydroxylation sites is 1. The normalized spacial score (nSPS) is 13.0. The third kappa shape index (κ3) is 3.50. The van der Waals surface area contributed by atoms with Crippen LogP contribution in [-0.2, 0) is 0 Å². The van der Waals surface area contributed by atoms with Gasteiger partial charge in [-0.05, 0) is 30.0 Å². The summed E-state index contributed by atoms with van der Waals surface area (Å²) in [4.78, 5) is 4.57. The minimum atomic E-state index is -0.329. The number of fused-ring (bicyclic) bond motifs is 1. The number of hydrogen-bond acceptors (Lipinski definition) is 4. The molecule has 1 atom stereocenters. The lowest BCUT2D eigenvalue weighted by Gasteiger charge is -2.09. The van der Waals surface area contributed by atoms with E-state index in [1.807, 2.05) is 19.9 Å². The average Bonchev–Trinajstić information content (AvgIpc) is 3.24. The highest BCUT2D eigenvalue weighted by molar-refractivity contribution is 5.84. The Labute approximate surface area is 153 Å². The monoisotopic (exact) mass is 358 g/mol. The van der Waals surface area contributed by atoms with E-state index in [-0.39, 0.29) is 17.7 Å². The maximum Gasteiger partial charge on any atom is 0.291 e. The van der Waals surface area contributed by atoms with Crippen molar-refractivity contribution >= 4 is 10.9 Å². The molecule has 0 spiro atoms. The van der Waals surface area contributed by atoms with Crippen LogP contribution in [0, 0.1) is 5.82 Å². The fourth-order valence-electron chi connectivity index (χ4n) is 3.39. The number of aromatic nitrogens is 4. The van der Waals surface area contributed by atoms with Gasteiger partial charge in [-0.25, -0.2) is 4.39 Å². The molecule has 0 saturated heterocycles. The Balaban J connectivity index is 2.04. The van der Waals surface area contributed by atoms with E-state index in [0.717, 1.165) is 43.2 Å². The van der Waals surface area contributed by atoms with Crippen molar-refractivity contribution in [2.45, 2.75) is 71.6 Å². The summed E-state index contributed by atoms with van der Waals surface area (Å²) in [5.74, 6) is 1.02. The molecule has 2 aromatic heterocycles. The Kier molecular flexibility index (Phi) is 5.69. The summed E-state index contributed by atoms with van der Waals surface area (Å²) in [6.07, 6.45) is 5.35. The van der Waals surface area contributed by atoms with Crippen LogP contribution in [0.25, 0.3) is 16.9 Å². The number of halogens is 1. The number of benzene rings is 1. The van der Waals surface area contributed by atoms with Gasteiger partial charge >= 0.3 is 0 Å². The number of rotatable bonds is 8. The molecule has 0 N–H and O–H groups in total. The molecule has 26 heavy (non-hydrogen) atoms. The molecule has 0 aliphatic carbocycles. The van der Waals surface area contributed by atoms with E-state index in [1.54, 1.807) is 6.07 Å². The third-order valence-corrected chi connectivity index (χ3v) is 4.74. The van der Waals surface area contributed by atoms with E-state index in [1.165, 1.54) is 10.7 Å². The second-order valence-corrected chi connectivity index (χ2v) is 7.15. The largest absolute Gasteiger partial charge is 0.337 e. The van der Waals surface area contributed by atoms with Crippen molar-refractivity contribution in [3.8, 4) is 5.95 Å². The molecule has 1 unspecified atom stereocenters. The predicted octanol–water partition coefficient (Wildman–Crippen LogP) is 5.74. The van der Waals surface area contributed by atoms with Gasteiger partial charge in [0.1, 0.15) is 11.3 Å². The van der Waals surface area contributed by atoms with E-state index in [2.05, 4.69) is 29.1 Å². The molecular weight excluding hydrogens is 331 g/mol. The predicted molar refractivity (Wildman–Crippen MR) is 100 cm³/mol. The summed E-state index contributed by atoms with van der Waals surface area (Å²) >= 11 is 0. The third-order valence-electron chi connectivity index (χ3n) is 4.74. The topological polar surface area (TPSA) is 56.7 Å². The molecule has 6 heteroatoms. The van der Waals surface area contributed by atoms with Crippen molar-refractivity contribution in [1.29, 1.82) is 0 Å². The molecule has 140 valence electrons. The molecular formula is C20H27FN4O. The van der Waals surface area contributed by atoms with Gasteiger partial charge in [0.05, 0.1) is 5.69 Å². The van der Waals surface area contributed by atoms with Crippen LogP contribution >= 0.6 is 0 Å². The fraction of sp³-hybridized carbons (Fsp3) is 0.550. The van der Waals surface area contributed by atoms with Gasteiger partial charge in [0, 0.05) is 11.3 Å². The van der Waals surface area contributed by atoms with Crippen LogP contribution < -0.4 is 0 Å². The molecule has 0 radical (unpaired) electrons. The summed E-state index contributed by atoms with van der Waals surface area (Å²) < 4.78 is 21.5. The molecule has 2 heterocycles. The van der Waals surface area contributed by atoms with Gasteiger partial charge in [-0.2, -0.15) is 14.8 Å². The lowest BCUT2D eigenvalue weighted by Crippen LogP contribution is -2.03. The van der Waals surface area contributed by atoms with Crippen LogP contribution in [0.2, 0.25) is 0 Å². The molecule has 0 fully saturated rings. The van der Waals surface area contributed by atoms with Crippen molar-refractivity contribution < 1.29 is 8.91 Å². The summed E-state index contributed by atoms with van der Waals surface area (Å²) in [5, 5.41) is 9.50. The van der Waals surface area contributed by atoms with Crippen LogP contribution in [0.15, 0.2) is 22.7 Å². The molecule has 3 rings (SSSR count). The summed E-state index contributed by atoms with van der Waals surface area (Å²) in [5.41, 5.74) is 1.24. The number of nitrogens with zero attached hydrogens (tertiary/aromatic N) is 4. The summed E-state index contributed by atoms with van der Waals surface area (Å²) in [6, 6.07) is 5.03. The van der Waals surface area contributed by atoms with E-state index in [9.17, 15) is 4.39 Å². The van der Waals surface area contributed by atoms with Gasteiger partial charge in [-0.1, -0.05) is 59.1 Å². The van der Waals surface area contributed by atoms with Gasteiger partial charge in [0.15, 0.2) is 0 Å². The minimum Gasteiger partial charge on any atom is -0.337 e. The molecule has 0 bridgehead atoms. The Hall–Kier alpha value is -2.24. The highest BCUT2D eigenvalue weighted by atomic mass is 19.1. The first-order chi connectivity index (χ1) is 12.6. The fourth-order valence-corrected chi connectivity index (χ4v) is 3.39. The van der Waals surface area contributed by atoms with E-state index < -0.39 is 0 Å². The van der Waals surface area contributed by atoms with Gasteiger partial charge in [-0.15, -0.1) is 0 Å². The first-order valence-corrected chi connectivity index (χ1v) is 9.57. The molecule has 0 saturated carbocycles. The van der Waals surface area contributed by atoms with Crippen molar-refractivity contribution in [1.82, 2.24) is 19.9 Å². The van der Waals surface area contributed by atoms with Crippen molar-refractivity contribution in [3.05, 3.63) is 35.6 Å². The van der Waals surface area contributed by atoms with Crippen LogP contribution in [0.4, 0.5) is 4.39 Å². The Bertz CT molecular complexity index is 868. The van der Waals surface area contributed by atoms with E-state index in [4.69, 9.17) is 4.52 Å². The van der Waals surface area contributed by atoms with E-state index in [0.29, 0.717) is 17.4 Å². The lowest BCUT2D eigenvalue weighted by molar-refractivity contribution is 0.333. The molecule has 3 aromatic rings. The highest BCUT2D eigenvalue weighted by Gasteiger charge is 2.23. The smallest absolute Gasteiger partial charge is 0.291 e. The van der Waals surface area contributed by atoms with Crippen LogP contribution in [0.1, 0.15) is 83.2 Å². The van der Waals surface area contributed by atoms with Crippen molar-refractivity contribution in [2.24, 2.45) is 0 Å². The first-order valence-electron chi connectivity index (χ1n) is 9.57. The van der Waals surface area contributed by atoms with Gasteiger partial charge in [-0.3, -0.25) is 0 Å². The van der Waals surface area contributed by atoms with Gasteiger partial charge in [0.2, 0.25) is 5.89 Å². The summed E-state index contributed by atoms with van der Waals surface area (Å²) in [7, 11) is 0. The Morgan fingerprint density at radius 1 is 1.15 bits per heavy atom. The second-order valence-electron chi connectivity index (χ2n) is 7.15. The first kappa shape index (κ1) is 18.5. The number of hydrogen-bond donors (Lipinski definition) is 0. The SMILES string of the molecule is CCCCC(CCC)c1nc(-n2nc(C(C)C)c3cccc(F)c32)no1. The van der Waals surface area contributed by atoms with Crippen molar-refractivity contribution in [3.63, 3.8) is 0 Å². The van der Waals surface area contributed by atoms with Crippen LogP contribution in [0.3, 0.4) is 0 Å². The van der Waals surface area contributed by atoms with Crippen molar-refractivity contribution in [2.75, 3.05) is 0 Å².